The van der Waals surface area contributed by atoms with Crippen molar-refractivity contribution in [1.82, 2.24) is 10.2 Å². The molecular formula is C22H24N2O4. The Balaban J connectivity index is 1.34. The number of rotatable bonds is 1. The van der Waals surface area contributed by atoms with Crippen molar-refractivity contribution in [2.75, 3.05) is 13.1 Å². The van der Waals surface area contributed by atoms with E-state index < -0.39 is 5.72 Å². The van der Waals surface area contributed by atoms with Gasteiger partial charge in [-0.15, -0.1) is 0 Å². The molecule has 2 aromatic rings. The van der Waals surface area contributed by atoms with Crippen molar-refractivity contribution in [2.45, 2.75) is 51.2 Å². The fraction of sp³-hybridized carbons (Fsp3) is 0.455. The number of carbonyl (C=O) groups excluding carboxylic acids is 2. The lowest BCUT2D eigenvalue weighted by Gasteiger charge is -2.44. The van der Waals surface area contributed by atoms with E-state index in [0.717, 1.165) is 48.3 Å². The summed E-state index contributed by atoms with van der Waals surface area (Å²) in [5.41, 5.74) is 1.69. The van der Waals surface area contributed by atoms with Crippen molar-refractivity contribution in [1.29, 1.82) is 0 Å². The number of benzene rings is 1. The number of fused-ring (bicyclic) bond motifs is 2. The topological polar surface area (TPSA) is 71.8 Å². The second-order valence-corrected chi connectivity index (χ2v) is 7.98. The number of hydrogen-bond acceptors (Lipinski definition) is 4. The summed E-state index contributed by atoms with van der Waals surface area (Å²) in [6.07, 6.45) is 5.20. The first kappa shape index (κ1) is 17.3. The average molecular weight is 380 g/mol. The molecule has 0 atom stereocenters. The summed E-state index contributed by atoms with van der Waals surface area (Å²) in [4.78, 5) is 27.6. The van der Waals surface area contributed by atoms with Crippen molar-refractivity contribution in [3.8, 4) is 5.75 Å². The molecule has 28 heavy (non-hydrogen) atoms. The molecule has 1 spiro atoms. The largest absolute Gasteiger partial charge is 0.467 e. The molecule has 0 unspecified atom stereocenters. The number of para-hydroxylation sites is 1. The lowest BCUT2D eigenvalue weighted by Crippen LogP contribution is -2.61. The number of amides is 2. The number of furan rings is 1. The Morgan fingerprint density at radius 3 is 2.71 bits per heavy atom. The number of nitrogens with one attached hydrogen (secondary N) is 1. The zero-order valence-electron chi connectivity index (χ0n) is 16.0. The number of nitrogens with zero attached hydrogens (tertiary/aromatic N) is 1. The molecule has 1 saturated heterocycles. The third kappa shape index (κ3) is 2.70. The minimum absolute atomic E-state index is 0.0433. The van der Waals surface area contributed by atoms with E-state index in [1.165, 1.54) is 0 Å². The van der Waals surface area contributed by atoms with Gasteiger partial charge >= 0.3 is 0 Å². The van der Waals surface area contributed by atoms with Crippen LogP contribution in [0.2, 0.25) is 0 Å². The summed E-state index contributed by atoms with van der Waals surface area (Å²) in [6.45, 7) is 2.97. The van der Waals surface area contributed by atoms with Gasteiger partial charge in [0, 0.05) is 37.9 Å². The van der Waals surface area contributed by atoms with Crippen LogP contribution in [0, 0.1) is 6.92 Å². The number of carbonyl (C=O) groups is 2. The van der Waals surface area contributed by atoms with E-state index in [2.05, 4.69) is 5.32 Å². The first-order valence-corrected chi connectivity index (χ1v) is 10.1. The zero-order chi connectivity index (χ0) is 19.3. The van der Waals surface area contributed by atoms with Crippen molar-refractivity contribution in [3.05, 3.63) is 52.5 Å². The fourth-order valence-electron chi connectivity index (χ4n) is 4.69. The lowest BCUT2D eigenvalue weighted by molar-refractivity contribution is -0.0245. The monoisotopic (exact) mass is 380 g/mol. The molecule has 0 saturated carbocycles. The number of piperidine rings is 1. The van der Waals surface area contributed by atoms with Gasteiger partial charge < -0.3 is 19.4 Å². The third-order valence-electron chi connectivity index (χ3n) is 6.20. The van der Waals surface area contributed by atoms with E-state index in [9.17, 15) is 9.59 Å². The van der Waals surface area contributed by atoms with Crippen LogP contribution >= 0.6 is 0 Å². The normalized spacial score (nSPS) is 20.2. The van der Waals surface area contributed by atoms with Crippen molar-refractivity contribution >= 4 is 11.8 Å². The molecular weight excluding hydrogens is 356 g/mol. The standard InChI is InChI=1S/C22H24N2O4/c1-14-19(15-6-2-4-8-17(15)27-14)21(26)24-12-10-22(11-13-24)23-20(25)16-7-3-5-9-18(16)28-22/h3,5,7,9H,2,4,6,8,10-13H2,1H3,(H,23,25). The predicted octanol–water partition coefficient (Wildman–Crippen LogP) is 3.22. The second-order valence-electron chi connectivity index (χ2n) is 7.98. The van der Waals surface area contributed by atoms with Gasteiger partial charge in [0.2, 0.25) is 0 Å². The molecule has 146 valence electrons. The molecule has 1 aromatic carbocycles. The van der Waals surface area contributed by atoms with Crippen LogP contribution < -0.4 is 10.1 Å². The molecule has 5 rings (SSSR count). The first-order valence-electron chi connectivity index (χ1n) is 10.1. The van der Waals surface area contributed by atoms with Gasteiger partial charge in [0.15, 0.2) is 5.72 Å². The molecule has 3 aliphatic rings. The number of ether oxygens (including phenoxy) is 1. The van der Waals surface area contributed by atoms with E-state index in [1.54, 1.807) is 6.07 Å². The highest BCUT2D eigenvalue weighted by molar-refractivity contribution is 5.99. The van der Waals surface area contributed by atoms with Gasteiger partial charge in [-0.3, -0.25) is 9.59 Å². The molecule has 2 aliphatic heterocycles. The SMILES string of the molecule is Cc1oc2c(c1C(=O)N1CCC3(CC1)NC(=O)c1ccccc1O3)CCCC2. The molecule has 2 amide bonds. The van der Waals surface area contributed by atoms with Crippen LogP contribution in [0.15, 0.2) is 28.7 Å². The van der Waals surface area contributed by atoms with Crippen molar-refractivity contribution < 1.29 is 18.7 Å². The van der Waals surface area contributed by atoms with Crippen LogP contribution in [0.4, 0.5) is 0 Å². The Hall–Kier alpha value is -2.76. The van der Waals surface area contributed by atoms with Gasteiger partial charge in [0.25, 0.3) is 11.8 Å². The van der Waals surface area contributed by atoms with Gasteiger partial charge in [-0.25, -0.2) is 0 Å². The summed E-state index contributed by atoms with van der Waals surface area (Å²) in [7, 11) is 0. The van der Waals surface area contributed by atoms with E-state index in [4.69, 9.17) is 9.15 Å². The molecule has 1 N–H and O–H groups in total. The molecule has 1 aliphatic carbocycles. The maximum absolute atomic E-state index is 13.2. The highest BCUT2D eigenvalue weighted by Gasteiger charge is 2.43. The number of aryl methyl sites for hydroxylation is 2. The van der Waals surface area contributed by atoms with E-state index in [-0.39, 0.29) is 11.8 Å². The summed E-state index contributed by atoms with van der Waals surface area (Å²) in [6, 6.07) is 7.29. The maximum atomic E-state index is 13.2. The van der Waals surface area contributed by atoms with Gasteiger partial charge in [0.1, 0.15) is 17.3 Å². The number of likely N-dealkylation sites (tertiary alicyclic amines) is 1. The predicted molar refractivity (Wildman–Crippen MR) is 102 cm³/mol. The van der Waals surface area contributed by atoms with Crippen molar-refractivity contribution in [3.63, 3.8) is 0 Å². The average Bonchev–Trinajstić information content (AvgIpc) is 3.04. The van der Waals surface area contributed by atoms with Crippen LogP contribution in [0.5, 0.6) is 5.75 Å². The van der Waals surface area contributed by atoms with Gasteiger partial charge in [-0.05, 0) is 38.3 Å². The minimum Gasteiger partial charge on any atom is -0.467 e. The molecule has 0 bridgehead atoms. The zero-order valence-corrected chi connectivity index (χ0v) is 16.0. The quantitative estimate of drug-likeness (QED) is 0.825. The van der Waals surface area contributed by atoms with E-state index in [1.807, 2.05) is 30.0 Å². The van der Waals surface area contributed by atoms with E-state index in [0.29, 0.717) is 37.2 Å². The van der Waals surface area contributed by atoms with Crippen LogP contribution in [0.3, 0.4) is 0 Å². The van der Waals surface area contributed by atoms with Crippen LogP contribution in [0.25, 0.3) is 0 Å². The Morgan fingerprint density at radius 1 is 1.14 bits per heavy atom. The fourth-order valence-corrected chi connectivity index (χ4v) is 4.69. The van der Waals surface area contributed by atoms with E-state index >= 15 is 0 Å². The minimum atomic E-state index is -0.729. The maximum Gasteiger partial charge on any atom is 0.258 e. The summed E-state index contributed by atoms with van der Waals surface area (Å²) < 4.78 is 12.1. The summed E-state index contributed by atoms with van der Waals surface area (Å²) >= 11 is 0. The van der Waals surface area contributed by atoms with Crippen LogP contribution in [0.1, 0.15) is 63.5 Å². The smallest absolute Gasteiger partial charge is 0.258 e. The highest BCUT2D eigenvalue weighted by atomic mass is 16.5. The molecule has 1 fully saturated rings. The van der Waals surface area contributed by atoms with Crippen LogP contribution in [-0.2, 0) is 12.8 Å². The molecule has 0 radical (unpaired) electrons. The van der Waals surface area contributed by atoms with Crippen molar-refractivity contribution in [2.24, 2.45) is 0 Å². The molecule has 6 heteroatoms. The third-order valence-corrected chi connectivity index (χ3v) is 6.20. The highest BCUT2D eigenvalue weighted by Crippen LogP contribution is 2.35. The first-order chi connectivity index (χ1) is 13.6. The van der Waals surface area contributed by atoms with Gasteiger partial charge in [0.05, 0.1) is 11.1 Å². The Labute approximate surface area is 163 Å². The molecule has 3 heterocycles. The molecule has 6 nitrogen and oxygen atoms in total. The Kier molecular flexibility index (Phi) is 3.96. The summed E-state index contributed by atoms with van der Waals surface area (Å²) in [5, 5.41) is 3.03. The van der Waals surface area contributed by atoms with Crippen LogP contribution in [-0.4, -0.2) is 35.5 Å². The Bertz CT molecular complexity index is 953. The van der Waals surface area contributed by atoms with Gasteiger partial charge in [-0.2, -0.15) is 0 Å². The molecule has 1 aromatic heterocycles. The number of hydrogen-bond donors (Lipinski definition) is 1. The Morgan fingerprint density at radius 2 is 1.89 bits per heavy atom. The second kappa shape index (κ2) is 6.40. The lowest BCUT2D eigenvalue weighted by atomic mass is 9.92. The van der Waals surface area contributed by atoms with Gasteiger partial charge in [-0.1, -0.05) is 12.1 Å². The summed E-state index contributed by atoms with van der Waals surface area (Å²) in [5.74, 6) is 2.27.